The van der Waals surface area contributed by atoms with Crippen LogP contribution in [0.3, 0.4) is 0 Å². The second-order valence-corrected chi connectivity index (χ2v) is 8.28. The number of amides is 2. The van der Waals surface area contributed by atoms with Gasteiger partial charge in [-0.3, -0.25) is 14.4 Å². The summed E-state index contributed by atoms with van der Waals surface area (Å²) in [6.07, 6.45) is -0.921. The number of nitrogens with zero attached hydrogens (tertiary/aromatic N) is 2. The normalized spacial score (nSPS) is 22.4. The van der Waals surface area contributed by atoms with Crippen molar-refractivity contribution in [1.82, 2.24) is 0 Å². The second kappa shape index (κ2) is 7.97. The van der Waals surface area contributed by atoms with Crippen LogP contribution in [0, 0.1) is 12.8 Å². The largest absolute Gasteiger partial charge is 0.497 e. The van der Waals surface area contributed by atoms with Crippen LogP contribution in [-0.2, 0) is 14.4 Å². The summed E-state index contributed by atoms with van der Waals surface area (Å²) in [6, 6.07) is 21.7. The maximum Gasteiger partial charge on any atom is 0.266 e. The zero-order chi connectivity index (χ0) is 22.4. The van der Waals surface area contributed by atoms with Crippen molar-refractivity contribution in [2.45, 2.75) is 19.1 Å². The Labute approximate surface area is 190 Å². The Morgan fingerprint density at radius 2 is 1.59 bits per heavy atom. The van der Waals surface area contributed by atoms with Gasteiger partial charge in [-0.25, -0.2) is 9.96 Å². The van der Waals surface area contributed by atoms with Crippen molar-refractivity contribution >= 4 is 34.8 Å². The van der Waals surface area contributed by atoms with Gasteiger partial charge in [-0.1, -0.05) is 48.0 Å². The highest BCUT2D eigenvalue weighted by molar-refractivity contribution is 6.32. The lowest BCUT2D eigenvalue weighted by atomic mass is 9.90. The van der Waals surface area contributed by atoms with Crippen molar-refractivity contribution in [2.75, 3.05) is 17.1 Å². The van der Waals surface area contributed by atoms with Gasteiger partial charge < -0.3 is 4.74 Å². The lowest BCUT2D eigenvalue weighted by Crippen LogP contribution is -2.37. The fourth-order valence-electron chi connectivity index (χ4n) is 4.33. The molecule has 0 spiro atoms. The van der Waals surface area contributed by atoms with Crippen LogP contribution in [0.1, 0.15) is 17.2 Å². The number of imide groups is 1. The molecule has 2 amide bonds. The number of fused-ring (bicyclic) bond motifs is 1. The van der Waals surface area contributed by atoms with Gasteiger partial charge >= 0.3 is 0 Å². The monoisotopic (exact) mass is 448 g/mol. The van der Waals surface area contributed by atoms with Gasteiger partial charge in [0.1, 0.15) is 11.7 Å². The quantitative estimate of drug-likeness (QED) is 0.541. The standard InChI is InChI=1S/C25H21ClN2O4/c1-15-8-9-18(14-20(15)26)27-24(29)21-22(16-6-4-3-5-7-16)28(32-23(21)25(27)30)17-10-12-19(31-2)13-11-17/h3-14,21-23H,1-2H3. The molecule has 162 valence electrons. The van der Waals surface area contributed by atoms with Crippen LogP contribution >= 0.6 is 11.6 Å². The molecule has 3 aromatic rings. The van der Waals surface area contributed by atoms with Gasteiger partial charge in [0, 0.05) is 5.02 Å². The van der Waals surface area contributed by atoms with Crippen LogP contribution in [0.2, 0.25) is 5.02 Å². The van der Waals surface area contributed by atoms with Crippen molar-refractivity contribution in [3.8, 4) is 5.75 Å². The highest BCUT2D eigenvalue weighted by atomic mass is 35.5. The number of aryl methyl sites for hydroxylation is 1. The molecule has 2 heterocycles. The molecule has 3 aromatic carbocycles. The van der Waals surface area contributed by atoms with E-state index in [1.165, 1.54) is 4.90 Å². The molecule has 0 N–H and O–H groups in total. The van der Waals surface area contributed by atoms with E-state index in [1.807, 2.05) is 61.5 Å². The van der Waals surface area contributed by atoms with Crippen LogP contribution in [-0.4, -0.2) is 25.0 Å². The predicted octanol–water partition coefficient (Wildman–Crippen LogP) is 4.71. The number of hydrogen-bond donors (Lipinski definition) is 0. The topological polar surface area (TPSA) is 59.1 Å². The Balaban J connectivity index is 1.56. The molecule has 32 heavy (non-hydrogen) atoms. The number of anilines is 2. The Morgan fingerprint density at radius 3 is 2.25 bits per heavy atom. The summed E-state index contributed by atoms with van der Waals surface area (Å²) in [5, 5.41) is 2.17. The summed E-state index contributed by atoms with van der Waals surface area (Å²) in [5.41, 5.74) is 2.95. The average molecular weight is 449 g/mol. The maximum absolute atomic E-state index is 13.6. The van der Waals surface area contributed by atoms with Gasteiger partial charge in [0.2, 0.25) is 5.91 Å². The molecular weight excluding hydrogens is 428 g/mol. The van der Waals surface area contributed by atoms with E-state index in [4.69, 9.17) is 21.2 Å². The molecule has 3 atom stereocenters. The molecule has 2 fully saturated rings. The predicted molar refractivity (Wildman–Crippen MR) is 122 cm³/mol. The highest BCUT2D eigenvalue weighted by Crippen LogP contribution is 2.47. The molecule has 0 radical (unpaired) electrons. The average Bonchev–Trinajstić information content (AvgIpc) is 3.32. The van der Waals surface area contributed by atoms with Gasteiger partial charge in [0.15, 0.2) is 6.10 Å². The molecule has 0 saturated carbocycles. The third-order valence-electron chi connectivity index (χ3n) is 6.00. The third-order valence-corrected chi connectivity index (χ3v) is 6.40. The molecule has 7 heteroatoms. The SMILES string of the molecule is COc1ccc(N2OC3C(=O)N(c4ccc(C)c(Cl)c4)C(=O)C3C2c2ccccc2)cc1. The number of ether oxygens (including phenoxy) is 1. The summed E-state index contributed by atoms with van der Waals surface area (Å²) in [7, 11) is 1.60. The van der Waals surface area contributed by atoms with Gasteiger partial charge in [-0.2, -0.15) is 0 Å². The molecule has 0 aromatic heterocycles. The Morgan fingerprint density at radius 1 is 0.906 bits per heavy atom. The van der Waals surface area contributed by atoms with E-state index in [0.717, 1.165) is 16.8 Å². The number of methoxy groups -OCH3 is 1. The number of halogens is 1. The molecule has 5 rings (SSSR count). The Hall–Kier alpha value is -3.35. The summed E-state index contributed by atoms with van der Waals surface area (Å²) in [5.74, 6) is -0.673. The number of carbonyl (C=O) groups is 2. The minimum Gasteiger partial charge on any atom is -0.497 e. The summed E-state index contributed by atoms with van der Waals surface area (Å²) >= 11 is 6.26. The van der Waals surface area contributed by atoms with Gasteiger partial charge in [0.25, 0.3) is 5.91 Å². The highest BCUT2D eigenvalue weighted by Gasteiger charge is 2.60. The minimum atomic E-state index is -0.921. The number of rotatable bonds is 4. The molecule has 2 aliphatic heterocycles. The smallest absolute Gasteiger partial charge is 0.266 e. The third kappa shape index (κ3) is 3.23. The molecule has 3 unspecified atom stereocenters. The number of hydroxylamine groups is 1. The summed E-state index contributed by atoms with van der Waals surface area (Å²) in [4.78, 5) is 34.3. The van der Waals surface area contributed by atoms with E-state index in [9.17, 15) is 9.59 Å². The molecule has 0 bridgehead atoms. The summed E-state index contributed by atoms with van der Waals surface area (Å²) in [6.45, 7) is 1.87. The van der Waals surface area contributed by atoms with E-state index in [1.54, 1.807) is 30.4 Å². The van der Waals surface area contributed by atoms with E-state index in [-0.39, 0.29) is 5.91 Å². The van der Waals surface area contributed by atoms with Crippen LogP contribution < -0.4 is 14.7 Å². The van der Waals surface area contributed by atoms with Crippen molar-refractivity contribution < 1.29 is 19.2 Å². The maximum atomic E-state index is 13.6. The Bertz CT molecular complexity index is 1180. The van der Waals surface area contributed by atoms with E-state index in [0.29, 0.717) is 16.5 Å². The molecule has 2 saturated heterocycles. The second-order valence-electron chi connectivity index (χ2n) is 7.88. The van der Waals surface area contributed by atoms with E-state index >= 15 is 0 Å². The molecular formula is C25H21ClN2O4. The van der Waals surface area contributed by atoms with Crippen LogP contribution in [0.5, 0.6) is 5.75 Å². The number of carbonyl (C=O) groups excluding carboxylic acids is 2. The number of hydrogen-bond acceptors (Lipinski definition) is 5. The zero-order valence-electron chi connectivity index (χ0n) is 17.6. The summed E-state index contributed by atoms with van der Waals surface area (Å²) < 4.78 is 5.25. The van der Waals surface area contributed by atoms with Crippen molar-refractivity contribution in [2.24, 2.45) is 5.92 Å². The van der Waals surface area contributed by atoms with Gasteiger partial charge in [-0.05, 0) is 54.4 Å². The first-order chi connectivity index (χ1) is 15.5. The van der Waals surface area contributed by atoms with Crippen molar-refractivity contribution in [3.05, 3.63) is 88.9 Å². The zero-order valence-corrected chi connectivity index (χ0v) is 18.3. The lowest BCUT2D eigenvalue weighted by molar-refractivity contribution is -0.126. The first-order valence-electron chi connectivity index (χ1n) is 10.3. The lowest BCUT2D eigenvalue weighted by Gasteiger charge is -2.29. The minimum absolute atomic E-state index is 0.301. The molecule has 6 nitrogen and oxygen atoms in total. The first kappa shape index (κ1) is 20.5. The van der Waals surface area contributed by atoms with E-state index < -0.39 is 24.0 Å². The number of benzene rings is 3. The van der Waals surface area contributed by atoms with Crippen molar-refractivity contribution in [3.63, 3.8) is 0 Å². The molecule has 0 aliphatic carbocycles. The van der Waals surface area contributed by atoms with Crippen molar-refractivity contribution in [1.29, 1.82) is 0 Å². The Kier molecular flexibility index (Phi) is 5.12. The first-order valence-corrected chi connectivity index (χ1v) is 10.7. The molecule has 2 aliphatic rings. The van der Waals surface area contributed by atoms with Crippen LogP contribution in [0.4, 0.5) is 11.4 Å². The van der Waals surface area contributed by atoms with Gasteiger partial charge in [-0.15, -0.1) is 0 Å². The van der Waals surface area contributed by atoms with Crippen LogP contribution in [0.25, 0.3) is 0 Å². The van der Waals surface area contributed by atoms with Crippen LogP contribution in [0.15, 0.2) is 72.8 Å². The fourth-order valence-corrected chi connectivity index (χ4v) is 4.51. The van der Waals surface area contributed by atoms with E-state index in [2.05, 4.69) is 0 Å². The fraction of sp³-hybridized carbons (Fsp3) is 0.200. The van der Waals surface area contributed by atoms with Gasteiger partial charge in [0.05, 0.1) is 24.5 Å².